The molecule has 0 aromatic carbocycles. The summed E-state index contributed by atoms with van der Waals surface area (Å²) in [4.78, 5) is 0. The molecule has 0 saturated heterocycles. The van der Waals surface area contributed by atoms with Gasteiger partial charge in [0.15, 0.2) is 0 Å². The van der Waals surface area contributed by atoms with Gasteiger partial charge in [0, 0.05) is 124 Å². The van der Waals surface area contributed by atoms with Gasteiger partial charge in [-0.25, -0.2) is 0 Å². The summed E-state index contributed by atoms with van der Waals surface area (Å²) >= 11 is 0. The van der Waals surface area contributed by atoms with E-state index in [0.717, 1.165) is 0 Å². The van der Waals surface area contributed by atoms with Gasteiger partial charge in [0.1, 0.15) is 0 Å². The Bertz CT molecular complexity index is 11.6. The van der Waals surface area contributed by atoms with Crippen LogP contribution in [0.2, 0.25) is 0 Å². The Morgan fingerprint density at radius 3 is 1.00 bits per heavy atom. The second kappa shape index (κ2) is 24.4. The molecular weight excluding hydrogens is 519 g/mol. The molecule has 25 valence electrons. The van der Waals surface area contributed by atoms with Crippen molar-refractivity contribution < 1.29 is 124 Å². The van der Waals surface area contributed by atoms with Gasteiger partial charge in [0.05, 0.1) is 0 Å². The zero-order valence-corrected chi connectivity index (χ0v) is 13.3. The van der Waals surface area contributed by atoms with Gasteiger partial charge in [-0.15, -0.1) is 0 Å². The maximum atomic E-state index is 0. The third-order valence-electron chi connectivity index (χ3n) is 0. The smallest absolute Gasteiger partial charge is 0 e. The van der Waals surface area contributed by atoms with Crippen molar-refractivity contribution in [3.8, 4) is 0 Å². The normalized spacial score (nSPS) is 0. The minimum absolute atomic E-state index is 0. The van der Waals surface area contributed by atoms with E-state index >= 15 is 0 Å². The Labute approximate surface area is 121 Å². The molecular formula is CeMoTiVW. The molecule has 0 bridgehead atoms. The van der Waals surface area contributed by atoms with Crippen LogP contribution >= 0.6 is 0 Å². The molecule has 5 heteroatoms. The van der Waals surface area contributed by atoms with Crippen LogP contribution in [0.4, 0.5) is 0 Å². The van der Waals surface area contributed by atoms with Gasteiger partial charge in [-0.3, -0.25) is 0 Å². The number of hydrogen-bond acceptors (Lipinski definition) is 0. The van der Waals surface area contributed by atoms with E-state index < -0.39 is 0 Å². The average Bonchev–Trinajstić information content (AvgIpc) is 0. The maximum absolute atomic E-state index is 0. The summed E-state index contributed by atoms with van der Waals surface area (Å²) in [6.07, 6.45) is 0. The first kappa shape index (κ1) is 35.7. The molecule has 0 aromatic rings. The quantitative estimate of drug-likeness (QED) is 0.396. The molecule has 0 saturated carbocycles. The van der Waals surface area contributed by atoms with Crippen LogP contribution in [0.25, 0.3) is 0 Å². The fourth-order valence-electron chi connectivity index (χ4n) is 0. The Morgan fingerprint density at radius 2 is 1.00 bits per heavy atom. The Kier molecular flexibility index (Phi) is 174. The van der Waals surface area contributed by atoms with Crippen molar-refractivity contribution in [1.82, 2.24) is 0 Å². The Morgan fingerprint density at radius 1 is 1.00 bits per heavy atom. The molecule has 0 spiro atoms. The predicted molar refractivity (Wildman–Crippen MR) is 0 cm³/mol. The number of rotatable bonds is 0. The summed E-state index contributed by atoms with van der Waals surface area (Å²) in [5.74, 6) is 0. The summed E-state index contributed by atoms with van der Waals surface area (Å²) in [6.45, 7) is 0. The van der Waals surface area contributed by atoms with Crippen LogP contribution in [0.5, 0.6) is 0 Å². The van der Waals surface area contributed by atoms with E-state index in [4.69, 9.17) is 0 Å². The van der Waals surface area contributed by atoms with E-state index in [1.807, 2.05) is 0 Å². The number of hydrogen-bond donors (Lipinski definition) is 0. The minimum Gasteiger partial charge on any atom is 0 e. The molecule has 0 heterocycles. The van der Waals surface area contributed by atoms with Gasteiger partial charge in [-0.1, -0.05) is 0 Å². The van der Waals surface area contributed by atoms with E-state index in [0.29, 0.717) is 0 Å². The van der Waals surface area contributed by atoms with Crippen molar-refractivity contribution in [1.29, 1.82) is 0 Å². The molecule has 0 aliphatic rings. The van der Waals surface area contributed by atoms with E-state index in [9.17, 15) is 0 Å². The molecule has 0 aliphatic carbocycles. The SMILES string of the molecule is [Ce].[Mo].[Ti].[V].[W]. The second-order valence-electron chi connectivity index (χ2n) is 0. The zero-order valence-electron chi connectivity index (χ0n) is 2.26. The molecule has 0 amide bonds. The average molecular weight is 519 g/mol. The first-order valence-corrected chi connectivity index (χ1v) is 0. The van der Waals surface area contributed by atoms with Crippen molar-refractivity contribution in [2.24, 2.45) is 0 Å². The molecule has 1 radical (unpaired) electrons. The van der Waals surface area contributed by atoms with Crippen LogP contribution in [-0.2, 0) is 82.4 Å². The third-order valence-corrected chi connectivity index (χ3v) is 0. The Hall–Kier alpha value is 4.05. The maximum Gasteiger partial charge on any atom is 0 e. The fourth-order valence-corrected chi connectivity index (χ4v) is 0. The van der Waals surface area contributed by atoms with Gasteiger partial charge in [0.2, 0.25) is 0 Å². The first-order valence-electron chi connectivity index (χ1n) is 0. The van der Waals surface area contributed by atoms with Crippen molar-refractivity contribution >= 4 is 0 Å². The standard InChI is InChI=1S/Ce.Mo.Ti.V.W. The zero-order chi connectivity index (χ0) is 0. The van der Waals surface area contributed by atoms with Crippen molar-refractivity contribution in [3.63, 3.8) is 0 Å². The van der Waals surface area contributed by atoms with E-state index in [2.05, 4.69) is 0 Å². The summed E-state index contributed by atoms with van der Waals surface area (Å²) in [6, 6.07) is 0. The molecule has 0 rings (SSSR count). The summed E-state index contributed by atoms with van der Waals surface area (Å²) < 4.78 is 0. The van der Waals surface area contributed by atoms with Crippen molar-refractivity contribution in [2.45, 2.75) is 0 Å². The van der Waals surface area contributed by atoms with Crippen molar-refractivity contribution in [2.75, 3.05) is 0 Å². The summed E-state index contributed by atoms with van der Waals surface area (Å²) in [7, 11) is 0. The first-order chi connectivity index (χ1) is 0. The largest absolute Gasteiger partial charge is 0 e. The predicted octanol–water partition coefficient (Wildman–Crippen LogP) is -0.0100. The fraction of sp³-hybridized carbons (Fsp3) is 0. The minimum atomic E-state index is 0. The summed E-state index contributed by atoms with van der Waals surface area (Å²) in [5.41, 5.74) is 0. The monoisotopic (exact) mass is 521 g/mol. The molecule has 0 fully saturated rings. The molecule has 0 atom stereocenters. The molecule has 0 nitrogen and oxygen atoms in total. The van der Waals surface area contributed by atoms with Gasteiger partial charge in [-0.2, -0.15) is 0 Å². The van der Waals surface area contributed by atoms with E-state index in [1.165, 1.54) is 0 Å². The molecule has 0 aliphatic heterocycles. The van der Waals surface area contributed by atoms with Gasteiger partial charge < -0.3 is 0 Å². The molecule has 0 N–H and O–H groups in total. The molecule has 5 heavy (non-hydrogen) atoms. The summed E-state index contributed by atoms with van der Waals surface area (Å²) in [5, 5.41) is 0. The van der Waals surface area contributed by atoms with E-state index in [1.54, 1.807) is 0 Å². The van der Waals surface area contributed by atoms with Crippen LogP contribution in [0.1, 0.15) is 0 Å². The van der Waals surface area contributed by atoms with Crippen LogP contribution < -0.4 is 0 Å². The topological polar surface area (TPSA) is 0 Å². The Balaban J connectivity index is 0. The van der Waals surface area contributed by atoms with Gasteiger partial charge >= 0.3 is 0 Å². The molecule has 0 aromatic heterocycles. The van der Waals surface area contributed by atoms with Crippen LogP contribution in [0.3, 0.4) is 0 Å². The third kappa shape index (κ3) is 18.0. The van der Waals surface area contributed by atoms with Crippen molar-refractivity contribution in [3.05, 3.63) is 0 Å². The van der Waals surface area contributed by atoms with Gasteiger partial charge in [-0.05, 0) is 0 Å². The van der Waals surface area contributed by atoms with Crippen LogP contribution in [0, 0.1) is 41.7 Å². The van der Waals surface area contributed by atoms with Crippen LogP contribution in [-0.4, -0.2) is 0 Å². The molecule has 0 unspecified atom stereocenters. The van der Waals surface area contributed by atoms with Crippen LogP contribution in [0.15, 0.2) is 0 Å². The second-order valence-corrected chi connectivity index (χ2v) is 0. The van der Waals surface area contributed by atoms with E-state index in [-0.39, 0.29) is 124 Å². The van der Waals surface area contributed by atoms with Gasteiger partial charge in [0.25, 0.3) is 0 Å².